The Morgan fingerprint density at radius 2 is 1.44 bits per heavy atom. The van der Waals surface area contributed by atoms with Crippen LogP contribution in [0.5, 0.6) is 0 Å². The van der Waals surface area contributed by atoms with Crippen molar-refractivity contribution in [3.8, 4) is 0 Å². The summed E-state index contributed by atoms with van der Waals surface area (Å²) < 4.78 is 12.6. The Bertz CT molecular complexity index is 1120. The monoisotopic (exact) mass is 552 g/mol. The Hall–Kier alpha value is -3.13. The smallest absolute Gasteiger partial charge is 0.407 e. The second-order valence-electron chi connectivity index (χ2n) is 12.5. The van der Waals surface area contributed by atoms with E-state index in [4.69, 9.17) is 14.7 Å². The summed E-state index contributed by atoms with van der Waals surface area (Å²) in [6.45, 7) is 16.2. The molecule has 0 aliphatic carbocycles. The maximum Gasteiger partial charge on any atom is 0.407 e. The van der Waals surface area contributed by atoms with Gasteiger partial charge < -0.3 is 14.5 Å². The number of amides is 2. The summed E-state index contributed by atoms with van der Waals surface area (Å²) in [6, 6.07) is 19.0. The molecule has 0 radical (unpaired) electrons. The van der Waals surface area contributed by atoms with Crippen LogP contribution in [0, 0.1) is 5.92 Å². The Morgan fingerprint density at radius 1 is 0.923 bits per heavy atom. The normalized spacial score (nSPS) is 14.5. The van der Waals surface area contributed by atoms with Crippen LogP contribution >= 0.6 is 0 Å². The van der Waals surface area contributed by atoms with Gasteiger partial charge in [-0.2, -0.15) is 0 Å². The van der Waals surface area contributed by atoms with E-state index in [1.54, 1.807) is 0 Å². The fraction of sp³-hybridized carbons (Fsp3) is 0.533. The lowest BCUT2D eigenvalue weighted by atomic mass is 9.89. The molecule has 0 saturated carbocycles. The van der Waals surface area contributed by atoms with Gasteiger partial charge in [0, 0.05) is 10.8 Å². The van der Waals surface area contributed by atoms with E-state index in [2.05, 4.69) is 49.2 Å². The van der Waals surface area contributed by atoms with Crippen molar-refractivity contribution < 1.29 is 18.8 Å². The molecule has 0 heterocycles. The number of hydrogen-bond acceptors (Lipinski definition) is 4. The Balaban J connectivity index is 2.54. The van der Waals surface area contributed by atoms with E-state index in [0.717, 1.165) is 11.1 Å². The highest BCUT2D eigenvalue weighted by Crippen LogP contribution is 2.39. The maximum atomic E-state index is 13.1. The molecule has 0 fully saturated rings. The molecule has 3 atom stereocenters. The highest BCUT2D eigenvalue weighted by atomic mass is 28.4. The van der Waals surface area contributed by atoms with Crippen LogP contribution < -0.4 is 5.32 Å². The van der Waals surface area contributed by atoms with Crippen molar-refractivity contribution in [2.45, 2.75) is 96.7 Å². The molecule has 0 saturated heterocycles. The van der Waals surface area contributed by atoms with Crippen molar-refractivity contribution in [2.24, 2.45) is 11.0 Å². The number of azide groups is 1. The molecule has 0 aliphatic rings. The summed E-state index contributed by atoms with van der Waals surface area (Å²) in [5.74, 6) is -1.17. The van der Waals surface area contributed by atoms with Crippen molar-refractivity contribution in [1.82, 2.24) is 5.32 Å². The second kappa shape index (κ2) is 13.8. The minimum absolute atomic E-state index is 0.113. The molecule has 1 N–H and O–H groups in total. The van der Waals surface area contributed by atoms with Crippen LogP contribution in [-0.4, -0.2) is 38.1 Å². The predicted molar refractivity (Wildman–Crippen MR) is 158 cm³/mol. The minimum atomic E-state index is -2.36. The first kappa shape index (κ1) is 32.1. The molecular formula is C30H44N4O4Si. The van der Waals surface area contributed by atoms with Gasteiger partial charge in [0.2, 0.25) is 5.91 Å². The quantitative estimate of drug-likeness (QED) is 0.134. The van der Waals surface area contributed by atoms with E-state index >= 15 is 0 Å². The third kappa shape index (κ3) is 10.9. The van der Waals surface area contributed by atoms with Gasteiger partial charge in [0.05, 0.1) is 12.1 Å². The lowest BCUT2D eigenvalue weighted by molar-refractivity contribution is -0.122. The fourth-order valence-electron chi connectivity index (χ4n) is 4.03. The SMILES string of the molecule is CC(C)(C)OC(=O)N[C@@H](Cc1ccccc1)[C@H](C[C@H](Cc1ccccc1)C(=O)N=[N+]=[N-])O[Si](C)(C)C(C)(C)C. The predicted octanol–water partition coefficient (Wildman–Crippen LogP) is 7.60. The van der Waals surface area contributed by atoms with Crippen LogP contribution in [0.3, 0.4) is 0 Å². The standard InChI is InChI=1S/C30H44N4O4Si/c1-29(2,3)37-28(36)32-25(20-23-17-13-10-14-18-23)26(38-39(7,8)30(4,5)6)21-24(27(35)33-34-31)19-22-15-11-9-12-16-22/h9-18,24-26H,19-21H2,1-8H3,(H,32,36)/t24-,25-,26-/m0/s1. The molecule has 0 unspecified atom stereocenters. The molecule has 8 nitrogen and oxygen atoms in total. The van der Waals surface area contributed by atoms with Gasteiger partial charge in [0.15, 0.2) is 8.32 Å². The van der Waals surface area contributed by atoms with E-state index < -0.39 is 44.0 Å². The second-order valence-corrected chi connectivity index (χ2v) is 17.3. The number of nitrogens with zero attached hydrogens (tertiary/aromatic N) is 3. The topological polar surface area (TPSA) is 113 Å². The van der Waals surface area contributed by atoms with Gasteiger partial charge in [-0.3, -0.25) is 4.79 Å². The third-order valence-corrected chi connectivity index (χ3v) is 11.5. The molecule has 0 aliphatic heterocycles. The zero-order valence-electron chi connectivity index (χ0n) is 24.6. The Labute approximate surface area is 234 Å². The number of hydrogen-bond donors (Lipinski definition) is 1. The van der Waals surface area contributed by atoms with Crippen molar-refractivity contribution in [1.29, 1.82) is 0 Å². The van der Waals surface area contributed by atoms with Crippen molar-refractivity contribution in [3.05, 3.63) is 82.2 Å². The average Bonchev–Trinajstić information content (AvgIpc) is 2.82. The summed E-state index contributed by atoms with van der Waals surface area (Å²) in [4.78, 5) is 28.9. The highest BCUT2D eigenvalue weighted by Gasteiger charge is 2.42. The van der Waals surface area contributed by atoms with Crippen molar-refractivity contribution in [3.63, 3.8) is 0 Å². The van der Waals surface area contributed by atoms with Gasteiger partial charge in [0.1, 0.15) is 5.60 Å². The number of carbonyl (C=O) groups is 2. The van der Waals surface area contributed by atoms with Crippen LogP contribution in [-0.2, 0) is 26.8 Å². The van der Waals surface area contributed by atoms with Gasteiger partial charge >= 0.3 is 6.09 Å². The van der Waals surface area contributed by atoms with Gasteiger partial charge in [-0.15, -0.1) is 0 Å². The molecule has 2 rings (SSSR count). The first-order valence-corrected chi connectivity index (χ1v) is 16.4. The van der Waals surface area contributed by atoms with Gasteiger partial charge in [0.25, 0.3) is 0 Å². The number of ether oxygens (including phenoxy) is 1. The number of benzene rings is 2. The van der Waals surface area contributed by atoms with Crippen molar-refractivity contribution >= 4 is 20.3 Å². The molecule has 0 bridgehead atoms. The Morgan fingerprint density at radius 3 is 1.90 bits per heavy atom. The molecule has 2 amide bonds. The van der Waals surface area contributed by atoms with E-state index in [1.807, 2.05) is 81.4 Å². The lowest BCUT2D eigenvalue weighted by Gasteiger charge is -2.42. The van der Waals surface area contributed by atoms with Gasteiger partial charge in [-0.05, 0) is 79.9 Å². The zero-order valence-corrected chi connectivity index (χ0v) is 25.6. The number of carbonyl (C=O) groups excluding carboxylic acids is 2. The maximum absolute atomic E-state index is 13.1. The summed E-state index contributed by atoms with van der Waals surface area (Å²) in [5, 5.41) is 6.40. The summed E-state index contributed by atoms with van der Waals surface area (Å²) >= 11 is 0. The molecule has 9 heteroatoms. The zero-order chi connectivity index (χ0) is 29.3. The minimum Gasteiger partial charge on any atom is -0.444 e. The van der Waals surface area contributed by atoms with Crippen molar-refractivity contribution in [2.75, 3.05) is 0 Å². The van der Waals surface area contributed by atoms with Gasteiger partial charge in [-0.25, -0.2) is 4.79 Å². The molecular weight excluding hydrogens is 508 g/mol. The van der Waals surface area contributed by atoms with Gasteiger partial charge in [-0.1, -0.05) is 81.4 Å². The first-order chi connectivity index (χ1) is 18.1. The molecule has 0 aromatic heterocycles. The number of rotatable bonds is 11. The first-order valence-electron chi connectivity index (χ1n) is 13.5. The molecule has 39 heavy (non-hydrogen) atoms. The molecule has 2 aromatic rings. The molecule has 212 valence electrons. The van der Waals surface area contributed by atoms with Crippen LogP contribution in [0.1, 0.15) is 59.1 Å². The number of alkyl carbamates (subject to hydrolysis) is 1. The third-order valence-electron chi connectivity index (χ3n) is 7.04. The fourth-order valence-corrected chi connectivity index (χ4v) is 5.40. The number of nitrogens with one attached hydrogen (secondary N) is 1. The summed E-state index contributed by atoms with van der Waals surface area (Å²) in [6.07, 6.45) is 0.0543. The van der Waals surface area contributed by atoms with E-state index in [-0.39, 0.29) is 11.5 Å². The van der Waals surface area contributed by atoms with Crippen LogP contribution in [0.15, 0.2) is 65.8 Å². The molecule has 2 aromatic carbocycles. The Kier molecular flexibility index (Phi) is 11.3. The highest BCUT2D eigenvalue weighted by molar-refractivity contribution is 6.74. The summed E-state index contributed by atoms with van der Waals surface area (Å²) in [5.41, 5.74) is 10.3. The van der Waals surface area contributed by atoms with Crippen LogP contribution in [0.4, 0.5) is 4.79 Å². The largest absolute Gasteiger partial charge is 0.444 e. The van der Waals surface area contributed by atoms with E-state index in [1.165, 1.54) is 0 Å². The van der Waals surface area contributed by atoms with E-state index in [9.17, 15) is 9.59 Å². The summed E-state index contributed by atoms with van der Waals surface area (Å²) in [7, 11) is -2.36. The van der Waals surface area contributed by atoms with E-state index in [0.29, 0.717) is 12.8 Å². The molecule has 0 spiro atoms. The average molecular weight is 553 g/mol. The van der Waals surface area contributed by atoms with Crippen LogP contribution in [0.25, 0.3) is 10.4 Å². The lowest BCUT2D eigenvalue weighted by Crippen LogP contribution is -2.54. The van der Waals surface area contributed by atoms with Crippen LogP contribution in [0.2, 0.25) is 18.1 Å².